The Morgan fingerprint density at radius 1 is 1.11 bits per heavy atom. The van der Waals surface area contributed by atoms with Crippen molar-refractivity contribution in [2.24, 2.45) is 0 Å². The van der Waals surface area contributed by atoms with E-state index in [1.165, 1.54) is 18.2 Å². The minimum absolute atomic E-state index is 0.0864. The van der Waals surface area contributed by atoms with Gasteiger partial charge >= 0.3 is 12.2 Å². The van der Waals surface area contributed by atoms with Crippen molar-refractivity contribution in [1.29, 1.82) is 0 Å². The topological polar surface area (TPSA) is 81.9 Å². The Hall–Kier alpha value is -2.28. The van der Waals surface area contributed by atoms with Crippen LogP contribution in [0.5, 0.6) is 0 Å². The van der Waals surface area contributed by atoms with Crippen molar-refractivity contribution in [3.63, 3.8) is 0 Å². The van der Waals surface area contributed by atoms with Crippen molar-refractivity contribution >= 4 is 35.6 Å². The summed E-state index contributed by atoms with van der Waals surface area (Å²) in [6, 6.07) is 2.57. The molecule has 0 heterocycles. The Balaban J connectivity index is 3.03. The fraction of sp³-hybridized carbons (Fsp3) is 0.474. The molecule has 2 N–H and O–H groups in total. The maximum atomic E-state index is 13.7. The third kappa shape index (κ3) is 7.86. The Morgan fingerprint density at radius 2 is 1.59 bits per heavy atom. The largest absolute Gasteiger partial charge is 0.443 e. The van der Waals surface area contributed by atoms with Crippen molar-refractivity contribution < 1.29 is 23.5 Å². The predicted octanol–water partition coefficient (Wildman–Crippen LogP) is 5.25. The first-order valence-corrected chi connectivity index (χ1v) is 8.72. The number of hydrogen-bond donors (Lipinski definition) is 1. The Labute approximate surface area is 164 Å². The van der Waals surface area contributed by atoms with E-state index in [2.05, 4.69) is 0 Å². The van der Waals surface area contributed by atoms with Gasteiger partial charge in [0.2, 0.25) is 0 Å². The van der Waals surface area contributed by atoms with Crippen molar-refractivity contribution in [1.82, 2.24) is 4.90 Å². The number of ether oxygens (including phenoxy) is 2. The summed E-state index contributed by atoms with van der Waals surface area (Å²) in [5, 5.41) is 0.178. The van der Waals surface area contributed by atoms with Crippen LogP contribution < -0.4 is 5.73 Å². The van der Waals surface area contributed by atoms with E-state index in [1.807, 2.05) is 0 Å². The molecule has 0 saturated heterocycles. The molecule has 1 aromatic carbocycles. The summed E-state index contributed by atoms with van der Waals surface area (Å²) in [6.45, 7) is 9.95. The van der Waals surface area contributed by atoms with Crippen LogP contribution in [0.1, 0.15) is 47.1 Å². The molecule has 0 saturated carbocycles. The summed E-state index contributed by atoms with van der Waals surface area (Å²) in [6.07, 6.45) is 1.22. The second-order valence-corrected chi connectivity index (χ2v) is 8.30. The number of halogens is 2. The molecule has 0 radical (unpaired) electrons. The van der Waals surface area contributed by atoms with Gasteiger partial charge in [0.25, 0.3) is 0 Å². The third-order valence-electron chi connectivity index (χ3n) is 2.94. The summed E-state index contributed by atoms with van der Waals surface area (Å²) in [5.41, 5.74) is 4.33. The molecule has 0 spiro atoms. The van der Waals surface area contributed by atoms with Gasteiger partial charge in [-0.05, 0) is 53.7 Å². The smallest absolute Gasteiger partial charge is 0.420 e. The minimum atomic E-state index is -0.855. The summed E-state index contributed by atoms with van der Waals surface area (Å²) in [7, 11) is 0. The summed E-state index contributed by atoms with van der Waals surface area (Å²) in [4.78, 5) is 25.5. The van der Waals surface area contributed by atoms with Crippen LogP contribution in [0, 0.1) is 5.82 Å². The van der Waals surface area contributed by atoms with Gasteiger partial charge in [-0.2, -0.15) is 0 Å². The van der Waals surface area contributed by atoms with Crippen LogP contribution >= 0.6 is 11.6 Å². The fourth-order valence-corrected chi connectivity index (χ4v) is 2.10. The normalized spacial score (nSPS) is 12.1. The van der Waals surface area contributed by atoms with Crippen molar-refractivity contribution in [3.05, 3.63) is 34.6 Å². The van der Waals surface area contributed by atoms with Gasteiger partial charge in [0.05, 0.1) is 12.2 Å². The van der Waals surface area contributed by atoms with Crippen LogP contribution in [-0.2, 0) is 9.47 Å². The third-order valence-corrected chi connectivity index (χ3v) is 3.16. The molecule has 0 aromatic heterocycles. The Kier molecular flexibility index (Phi) is 7.25. The van der Waals surface area contributed by atoms with Gasteiger partial charge in [-0.1, -0.05) is 23.8 Å². The number of imide groups is 1. The quantitative estimate of drug-likeness (QED) is 0.701. The molecule has 8 heteroatoms. The molecule has 150 valence electrons. The average Bonchev–Trinajstić information content (AvgIpc) is 2.44. The molecule has 0 aliphatic rings. The molecular formula is C19H26ClFN2O4. The number of nitrogens with two attached hydrogens (primary N) is 1. The maximum Gasteiger partial charge on any atom is 0.420 e. The Bertz CT molecular complexity index is 708. The van der Waals surface area contributed by atoms with Crippen LogP contribution in [-0.4, -0.2) is 34.8 Å². The van der Waals surface area contributed by atoms with Crippen LogP contribution in [0.2, 0.25) is 5.02 Å². The van der Waals surface area contributed by atoms with E-state index in [9.17, 15) is 14.0 Å². The molecule has 6 nitrogen and oxygen atoms in total. The molecular weight excluding hydrogens is 375 g/mol. The molecule has 1 aromatic rings. The molecule has 0 unspecified atom stereocenters. The van der Waals surface area contributed by atoms with Gasteiger partial charge in [-0.15, -0.1) is 0 Å². The lowest BCUT2D eigenvalue weighted by Crippen LogP contribution is -2.43. The second-order valence-electron chi connectivity index (χ2n) is 7.86. The number of amides is 2. The van der Waals surface area contributed by atoms with E-state index in [-0.39, 0.29) is 17.3 Å². The average molecular weight is 401 g/mol. The standard InChI is InChI=1S/C19H26ClFN2O4/c1-18(2,3)26-16(24)23(17(25)27-19(4,5)6)9-7-8-12-10-13(20)11-14(21)15(12)22/h7-8,10-11H,9,22H2,1-6H3/b8-7+. The number of benzene rings is 1. The zero-order chi connectivity index (χ0) is 21.0. The highest BCUT2D eigenvalue weighted by molar-refractivity contribution is 6.30. The molecule has 1 rings (SSSR count). The lowest BCUT2D eigenvalue weighted by molar-refractivity contribution is 0.00377. The molecule has 0 bridgehead atoms. The van der Waals surface area contributed by atoms with E-state index < -0.39 is 29.2 Å². The lowest BCUT2D eigenvalue weighted by atomic mass is 10.1. The predicted molar refractivity (Wildman–Crippen MR) is 104 cm³/mol. The molecule has 0 atom stereocenters. The molecule has 0 aliphatic carbocycles. The van der Waals surface area contributed by atoms with Gasteiger partial charge in [-0.25, -0.2) is 18.9 Å². The van der Waals surface area contributed by atoms with Gasteiger partial charge in [0, 0.05) is 10.6 Å². The monoisotopic (exact) mass is 400 g/mol. The molecule has 0 aliphatic heterocycles. The van der Waals surface area contributed by atoms with E-state index in [1.54, 1.807) is 41.5 Å². The summed E-state index contributed by atoms with van der Waals surface area (Å²) in [5.74, 6) is -0.654. The number of nitrogens with zero attached hydrogens (tertiary/aromatic N) is 1. The van der Waals surface area contributed by atoms with E-state index in [0.717, 1.165) is 11.0 Å². The van der Waals surface area contributed by atoms with Gasteiger partial charge in [0.1, 0.15) is 17.0 Å². The Morgan fingerprint density at radius 3 is 2.04 bits per heavy atom. The number of anilines is 1. The zero-order valence-corrected chi connectivity index (χ0v) is 17.2. The first-order chi connectivity index (χ1) is 12.2. The van der Waals surface area contributed by atoms with Crippen molar-refractivity contribution in [3.8, 4) is 0 Å². The second kappa shape index (κ2) is 8.61. The molecule has 27 heavy (non-hydrogen) atoms. The van der Waals surface area contributed by atoms with Crippen LogP contribution in [0.4, 0.5) is 19.7 Å². The van der Waals surface area contributed by atoms with Crippen LogP contribution in [0.3, 0.4) is 0 Å². The first kappa shape index (κ1) is 22.8. The van der Waals surface area contributed by atoms with E-state index >= 15 is 0 Å². The lowest BCUT2D eigenvalue weighted by Gasteiger charge is -2.28. The fourth-order valence-electron chi connectivity index (χ4n) is 1.89. The van der Waals surface area contributed by atoms with Gasteiger partial charge in [0.15, 0.2) is 0 Å². The number of carbonyl (C=O) groups excluding carboxylic acids is 2. The number of hydrogen-bond acceptors (Lipinski definition) is 5. The summed E-state index contributed by atoms with van der Waals surface area (Å²) >= 11 is 5.82. The molecule has 2 amide bonds. The molecule has 0 fully saturated rings. The number of nitrogen functional groups attached to an aromatic ring is 1. The SMILES string of the molecule is CC(C)(C)OC(=O)N(C/C=C/c1cc(Cl)cc(F)c1N)C(=O)OC(C)(C)C. The maximum absolute atomic E-state index is 13.7. The highest BCUT2D eigenvalue weighted by Crippen LogP contribution is 2.23. The zero-order valence-electron chi connectivity index (χ0n) is 16.4. The number of carbonyl (C=O) groups is 2. The minimum Gasteiger partial charge on any atom is -0.443 e. The van der Waals surface area contributed by atoms with Crippen LogP contribution in [0.15, 0.2) is 18.2 Å². The summed E-state index contributed by atoms with van der Waals surface area (Å²) < 4.78 is 24.1. The first-order valence-electron chi connectivity index (χ1n) is 8.34. The van der Waals surface area contributed by atoms with E-state index in [0.29, 0.717) is 5.56 Å². The van der Waals surface area contributed by atoms with Crippen molar-refractivity contribution in [2.75, 3.05) is 12.3 Å². The highest BCUT2D eigenvalue weighted by atomic mass is 35.5. The highest BCUT2D eigenvalue weighted by Gasteiger charge is 2.30. The van der Waals surface area contributed by atoms with Gasteiger partial charge < -0.3 is 15.2 Å². The van der Waals surface area contributed by atoms with Crippen molar-refractivity contribution in [2.45, 2.75) is 52.7 Å². The van der Waals surface area contributed by atoms with Crippen LogP contribution in [0.25, 0.3) is 6.08 Å². The number of rotatable bonds is 3. The van der Waals surface area contributed by atoms with Gasteiger partial charge in [-0.3, -0.25) is 0 Å². The van der Waals surface area contributed by atoms with E-state index in [4.69, 9.17) is 26.8 Å².